The maximum Gasteiger partial charge on any atom is 0.407 e. The first-order valence-electron chi connectivity index (χ1n) is 19.5. The summed E-state index contributed by atoms with van der Waals surface area (Å²) < 4.78 is 5.26. The number of ether oxygens (including phenoxy) is 1. The molecule has 0 fully saturated rings. The minimum atomic E-state index is -1.02. The van der Waals surface area contributed by atoms with Gasteiger partial charge in [0.05, 0.1) is 6.61 Å². The lowest BCUT2D eigenvalue weighted by atomic mass is 10.0. The Kier molecular flexibility index (Phi) is 35.3. The van der Waals surface area contributed by atoms with Crippen molar-refractivity contribution in [2.75, 3.05) is 24.7 Å². The third-order valence-electron chi connectivity index (χ3n) is 8.67. The van der Waals surface area contributed by atoms with Crippen LogP contribution in [-0.4, -0.2) is 53.8 Å². The minimum absolute atomic E-state index is 0.193. The van der Waals surface area contributed by atoms with Gasteiger partial charge in [0.1, 0.15) is 6.04 Å². The maximum absolute atomic E-state index is 12.3. The average Bonchev–Trinajstić information content (AvgIpc) is 3.04. The fraction of sp³-hybridized carbons (Fsp3) is 0.921. The molecule has 0 rings (SSSR count). The molecule has 0 aromatic carbocycles. The normalized spacial score (nSPS) is 11.8. The largest absolute Gasteiger partial charge is 0.480 e. The van der Waals surface area contributed by atoms with Crippen LogP contribution in [0.25, 0.3) is 0 Å². The highest BCUT2D eigenvalue weighted by Gasteiger charge is 2.19. The standard InChI is InChI=1S/C38H74N2O5S/c1-3-5-7-9-11-13-15-17-19-21-23-25-27-29-32-45-38(44)39-31-33-46-34-35(37(42)43)40-36(41)30-28-26-24-22-20-18-16-14-12-10-8-6-4-2/h35H,3-34H2,1-2H3,(H,39,44)(H,40,41)(H,42,43)/t35-/m0/s1. The lowest BCUT2D eigenvalue weighted by molar-refractivity contribution is -0.141. The molecular weight excluding hydrogens is 596 g/mol. The molecule has 8 heteroatoms. The molecule has 0 heterocycles. The molecule has 3 N–H and O–H groups in total. The number of hydrogen-bond donors (Lipinski definition) is 3. The van der Waals surface area contributed by atoms with Crippen molar-refractivity contribution in [1.82, 2.24) is 10.6 Å². The van der Waals surface area contributed by atoms with Gasteiger partial charge in [-0.1, -0.05) is 174 Å². The molecule has 0 saturated carbocycles. The van der Waals surface area contributed by atoms with E-state index in [0.29, 0.717) is 25.3 Å². The maximum atomic E-state index is 12.3. The Morgan fingerprint density at radius 3 is 1.39 bits per heavy atom. The van der Waals surface area contributed by atoms with Crippen LogP contribution in [0.2, 0.25) is 0 Å². The topological polar surface area (TPSA) is 105 Å². The van der Waals surface area contributed by atoms with Gasteiger partial charge in [0, 0.05) is 24.5 Å². The molecular formula is C38H74N2O5S. The summed E-state index contributed by atoms with van der Waals surface area (Å²) in [5.41, 5.74) is 0. The molecule has 1 atom stereocenters. The molecule has 0 radical (unpaired) electrons. The second-order valence-corrected chi connectivity index (χ2v) is 14.3. The summed E-state index contributed by atoms with van der Waals surface area (Å²) in [6.45, 7) is 5.36. The first-order valence-corrected chi connectivity index (χ1v) is 20.7. The number of hydrogen-bond acceptors (Lipinski definition) is 5. The van der Waals surface area contributed by atoms with E-state index in [9.17, 15) is 19.5 Å². The third-order valence-corrected chi connectivity index (χ3v) is 9.73. The molecule has 0 aliphatic rings. The lowest BCUT2D eigenvalue weighted by Crippen LogP contribution is -2.42. The van der Waals surface area contributed by atoms with Gasteiger partial charge in [0.15, 0.2) is 0 Å². The summed E-state index contributed by atoms with van der Waals surface area (Å²) in [5.74, 6) is -0.380. The molecule has 0 aromatic rings. The van der Waals surface area contributed by atoms with E-state index in [4.69, 9.17) is 4.74 Å². The van der Waals surface area contributed by atoms with E-state index >= 15 is 0 Å². The Morgan fingerprint density at radius 1 is 0.587 bits per heavy atom. The Morgan fingerprint density at radius 2 is 0.978 bits per heavy atom. The number of amides is 2. The van der Waals surface area contributed by atoms with Crippen LogP contribution in [0.15, 0.2) is 0 Å². The van der Waals surface area contributed by atoms with Gasteiger partial charge >= 0.3 is 12.1 Å². The van der Waals surface area contributed by atoms with Crippen LogP contribution in [-0.2, 0) is 14.3 Å². The molecule has 0 spiro atoms. The number of carboxylic acid groups (broad SMARTS) is 1. The van der Waals surface area contributed by atoms with Gasteiger partial charge in [-0.3, -0.25) is 4.79 Å². The van der Waals surface area contributed by atoms with E-state index in [1.54, 1.807) is 0 Å². The van der Waals surface area contributed by atoms with Crippen molar-refractivity contribution in [3.63, 3.8) is 0 Å². The Balaban J connectivity index is 3.58. The summed E-state index contributed by atoms with van der Waals surface area (Å²) >= 11 is 1.40. The fourth-order valence-electron chi connectivity index (χ4n) is 5.68. The summed E-state index contributed by atoms with van der Waals surface area (Å²) in [6, 6.07) is -0.910. The number of aliphatic carboxylic acids is 1. The summed E-state index contributed by atoms with van der Waals surface area (Å²) in [6.07, 6.45) is 34.3. The molecule has 0 aromatic heterocycles. The zero-order valence-electron chi connectivity index (χ0n) is 30.2. The van der Waals surface area contributed by atoms with E-state index in [1.165, 1.54) is 153 Å². The zero-order chi connectivity index (χ0) is 33.8. The lowest BCUT2D eigenvalue weighted by Gasteiger charge is -2.14. The fourth-order valence-corrected chi connectivity index (χ4v) is 6.56. The predicted molar refractivity (Wildman–Crippen MR) is 197 cm³/mol. The monoisotopic (exact) mass is 671 g/mol. The second-order valence-electron chi connectivity index (χ2n) is 13.2. The third kappa shape index (κ3) is 33.9. The van der Waals surface area contributed by atoms with Gasteiger partial charge < -0.3 is 20.5 Å². The second kappa shape index (κ2) is 36.4. The number of unbranched alkanes of at least 4 members (excludes halogenated alkanes) is 25. The van der Waals surface area contributed by atoms with Gasteiger partial charge in [-0.2, -0.15) is 11.8 Å². The van der Waals surface area contributed by atoms with E-state index in [2.05, 4.69) is 24.5 Å². The summed E-state index contributed by atoms with van der Waals surface area (Å²) in [5, 5.41) is 14.9. The quantitative estimate of drug-likeness (QED) is 0.0573. The van der Waals surface area contributed by atoms with Crippen LogP contribution >= 0.6 is 11.8 Å². The van der Waals surface area contributed by atoms with E-state index in [-0.39, 0.29) is 11.7 Å². The molecule has 0 saturated heterocycles. The van der Waals surface area contributed by atoms with Crippen molar-refractivity contribution in [1.29, 1.82) is 0 Å². The average molecular weight is 671 g/mol. The highest BCUT2D eigenvalue weighted by molar-refractivity contribution is 7.99. The number of alkyl carbamates (subject to hydrolysis) is 1. The van der Waals surface area contributed by atoms with Crippen LogP contribution in [0.3, 0.4) is 0 Å². The van der Waals surface area contributed by atoms with E-state index < -0.39 is 18.1 Å². The van der Waals surface area contributed by atoms with Gasteiger partial charge in [-0.25, -0.2) is 9.59 Å². The van der Waals surface area contributed by atoms with Crippen molar-refractivity contribution < 1.29 is 24.2 Å². The number of nitrogens with one attached hydrogen (secondary N) is 2. The number of thioether (sulfide) groups is 1. The molecule has 272 valence electrons. The molecule has 0 aliphatic carbocycles. The van der Waals surface area contributed by atoms with Crippen molar-refractivity contribution in [2.45, 2.75) is 200 Å². The number of carboxylic acids is 1. The van der Waals surface area contributed by atoms with Gasteiger partial charge in [0.25, 0.3) is 0 Å². The van der Waals surface area contributed by atoms with Crippen LogP contribution in [0.1, 0.15) is 194 Å². The van der Waals surface area contributed by atoms with E-state index in [0.717, 1.165) is 32.1 Å². The molecule has 46 heavy (non-hydrogen) atoms. The smallest absolute Gasteiger partial charge is 0.407 e. The Labute approximate surface area is 288 Å². The van der Waals surface area contributed by atoms with E-state index in [1.807, 2.05) is 0 Å². The number of carbonyl (C=O) groups is 3. The van der Waals surface area contributed by atoms with Crippen LogP contribution in [0, 0.1) is 0 Å². The Hall–Kier alpha value is -1.44. The number of rotatable bonds is 36. The first-order chi connectivity index (χ1) is 22.5. The van der Waals surface area contributed by atoms with Gasteiger partial charge in [-0.15, -0.1) is 0 Å². The van der Waals surface area contributed by atoms with Crippen molar-refractivity contribution in [3.05, 3.63) is 0 Å². The first kappa shape index (κ1) is 44.6. The van der Waals surface area contributed by atoms with Crippen molar-refractivity contribution >= 4 is 29.7 Å². The summed E-state index contributed by atoms with van der Waals surface area (Å²) in [4.78, 5) is 35.8. The predicted octanol–water partition coefficient (Wildman–Crippen LogP) is 11.0. The molecule has 0 aliphatic heterocycles. The van der Waals surface area contributed by atoms with Gasteiger partial charge in [0.2, 0.25) is 5.91 Å². The van der Waals surface area contributed by atoms with Crippen LogP contribution < -0.4 is 10.6 Å². The molecule has 0 bridgehead atoms. The Bertz CT molecular complexity index is 694. The van der Waals surface area contributed by atoms with Crippen LogP contribution in [0.5, 0.6) is 0 Å². The molecule has 2 amide bonds. The molecule has 7 nitrogen and oxygen atoms in total. The zero-order valence-corrected chi connectivity index (χ0v) is 31.0. The van der Waals surface area contributed by atoms with Crippen molar-refractivity contribution in [2.24, 2.45) is 0 Å². The SMILES string of the molecule is CCCCCCCCCCCCCCCCOC(=O)NCCSC[C@H](NC(=O)CCCCCCCCCCCCCCC)C(=O)O. The highest BCUT2D eigenvalue weighted by Crippen LogP contribution is 2.14. The molecule has 0 unspecified atom stereocenters. The van der Waals surface area contributed by atoms with Crippen LogP contribution in [0.4, 0.5) is 4.79 Å². The minimum Gasteiger partial charge on any atom is -0.480 e. The van der Waals surface area contributed by atoms with Gasteiger partial charge in [-0.05, 0) is 12.8 Å². The van der Waals surface area contributed by atoms with Crippen molar-refractivity contribution in [3.8, 4) is 0 Å². The highest BCUT2D eigenvalue weighted by atomic mass is 32.2. The number of carbonyl (C=O) groups excluding carboxylic acids is 2. The summed E-state index contributed by atoms with van der Waals surface area (Å²) in [7, 11) is 0.